The Labute approximate surface area is 194 Å². The van der Waals surface area contributed by atoms with Crippen molar-refractivity contribution in [2.45, 2.75) is 13.5 Å². The third-order valence-electron chi connectivity index (χ3n) is 5.04. The van der Waals surface area contributed by atoms with E-state index in [1.807, 2.05) is 24.3 Å². The minimum atomic E-state index is -0.407. The molecule has 3 aromatic carbocycles. The number of benzene rings is 3. The van der Waals surface area contributed by atoms with E-state index in [-0.39, 0.29) is 11.6 Å². The van der Waals surface area contributed by atoms with Gasteiger partial charge in [0.1, 0.15) is 12.3 Å². The zero-order chi connectivity index (χ0) is 22.0. The van der Waals surface area contributed by atoms with Crippen molar-refractivity contribution in [1.29, 1.82) is 0 Å². The van der Waals surface area contributed by atoms with Crippen LogP contribution in [0, 0.1) is 3.57 Å². The van der Waals surface area contributed by atoms with E-state index >= 15 is 0 Å². The molecule has 1 N–H and O–H groups in total. The summed E-state index contributed by atoms with van der Waals surface area (Å²) in [5.74, 6) is 0.858. The molecule has 0 bridgehead atoms. The summed E-state index contributed by atoms with van der Waals surface area (Å²) in [6.07, 6.45) is 1.65. The van der Waals surface area contributed by atoms with Gasteiger partial charge in [-0.25, -0.2) is 4.79 Å². The minimum Gasteiger partial charge on any atom is -0.493 e. The first-order chi connectivity index (χ1) is 15.0. The first-order valence-corrected chi connectivity index (χ1v) is 10.9. The Bertz CT molecular complexity index is 1210. The number of fused-ring (bicyclic) bond motifs is 1. The van der Waals surface area contributed by atoms with Gasteiger partial charge in [0.2, 0.25) is 0 Å². The first kappa shape index (κ1) is 21.2. The molecule has 0 aromatic heterocycles. The maximum atomic E-state index is 12.3. The van der Waals surface area contributed by atoms with Crippen molar-refractivity contribution in [3.05, 3.63) is 75.0 Å². The Balaban J connectivity index is 1.57. The third-order valence-corrected chi connectivity index (χ3v) is 5.84. The quantitative estimate of drug-likeness (QED) is 0.280. The van der Waals surface area contributed by atoms with Crippen molar-refractivity contribution < 1.29 is 19.1 Å². The average Bonchev–Trinajstić information content (AvgIpc) is 3.04. The molecule has 1 fully saturated rings. The molecule has 1 aliphatic heterocycles. The maximum Gasteiger partial charge on any atom is 0.328 e. The molecule has 3 amide bonds. The molecule has 0 saturated carbocycles. The second-order valence-electron chi connectivity index (χ2n) is 7.04. The number of nitrogens with one attached hydrogen (secondary N) is 1. The lowest BCUT2D eigenvalue weighted by molar-refractivity contribution is -0.122. The number of carbonyl (C=O) groups excluding carboxylic acids is 2. The number of hydrogen-bond acceptors (Lipinski definition) is 4. The molecule has 0 unspecified atom stereocenters. The fourth-order valence-corrected chi connectivity index (χ4v) is 4.25. The van der Waals surface area contributed by atoms with Gasteiger partial charge in [-0.2, -0.15) is 0 Å². The normalized spacial score (nSPS) is 14.9. The van der Waals surface area contributed by atoms with E-state index < -0.39 is 6.03 Å². The number of likely N-dealkylation sites (N-methyl/N-ethyl adjacent to an activating group) is 1. The number of rotatable bonds is 6. The minimum absolute atomic E-state index is 0.245. The van der Waals surface area contributed by atoms with Crippen molar-refractivity contribution in [1.82, 2.24) is 10.2 Å². The number of ether oxygens (including phenoxy) is 2. The van der Waals surface area contributed by atoms with Gasteiger partial charge in [-0.15, -0.1) is 0 Å². The average molecular weight is 528 g/mol. The lowest BCUT2D eigenvalue weighted by atomic mass is 10.1. The lowest BCUT2D eigenvalue weighted by Gasteiger charge is -2.14. The van der Waals surface area contributed by atoms with Crippen molar-refractivity contribution in [2.75, 3.05) is 13.7 Å². The summed E-state index contributed by atoms with van der Waals surface area (Å²) in [6.45, 7) is 2.48. The van der Waals surface area contributed by atoms with Crippen molar-refractivity contribution in [2.24, 2.45) is 0 Å². The number of urea groups is 1. The van der Waals surface area contributed by atoms with Crippen LogP contribution in [0.25, 0.3) is 16.8 Å². The number of nitrogens with zero attached hydrogens (tertiary/aromatic N) is 1. The van der Waals surface area contributed by atoms with Gasteiger partial charge in [-0.05, 0) is 75.7 Å². The molecule has 1 saturated heterocycles. The van der Waals surface area contributed by atoms with Crippen LogP contribution < -0.4 is 14.8 Å². The fourth-order valence-electron chi connectivity index (χ4n) is 3.47. The van der Waals surface area contributed by atoms with Crippen molar-refractivity contribution in [3.63, 3.8) is 0 Å². The Morgan fingerprint density at radius 3 is 2.55 bits per heavy atom. The summed E-state index contributed by atoms with van der Waals surface area (Å²) in [5.41, 5.74) is 2.04. The number of carbonyl (C=O) groups is 2. The SMILES string of the molecule is CCN1C(=O)N/C(=C/c2cc(I)c(OCc3ccc4ccccc4c3)c(OC)c2)C1=O. The summed E-state index contributed by atoms with van der Waals surface area (Å²) in [5, 5.41) is 4.96. The van der Waals surface area contributed by atoms with Gasteiger partial charge >= 0.3 is 6.03 Å². The topological polar surface area (TPSA) is 67.9 Å². The van der Waals surface area contributed by atoms with Crippen LogP contribution in [0.2, 0.25) is 0 Å². The molecule has 4 rings (SSSR count). The van der Waals surface area contributed by atoms with Gasteiger partial charge in [0.05, 0.1) is 10.7 Å². The van der Waals surface area contributed by atoms with Crippen LogP contribution in [0.4, 0.5) is 4.79 Å². The lowest BCUT2D eigenvalue weighted by Crippen LogP contribution is -2.30. The first-order valence-electron chi connectivity index (χ1n) is 9.82. The molecule has 0 spiro atoms. The van der Waals surface area contributed by atoms with E-state index in [1.54, 1.807) is 26.2 Å². The number of hydrogen-bond donors (Lipinski definition) is 1. The summed E-state index contributed by atoms with van der Waals surface area (Å²) in [6, 6.07) is 17.7. The standard InChI is InChI=1S/C24H21IN2O4/c1-3-27-23(28)20(26-24(27)29)12-16-11-19(25)22(21(13-16)30-2)31-14-15-8-9-17-6-4-5-7-18(17)10-15/h4-13H,3,14H2,1-2H3,(H,26,29)/b20-12+. The highest BCUT2D eigenvalue weighted by molar-refractivity contribution is 14.1. The Hall–Kier alpha value is -3.07. The van der Waals surface area contributed by atoms with Gasteiger partial charge < -0.3 is 14.8 Å². The summed E-state index contributed by atoms with van der Waals surface area (Å²) in [4.78, 5) is 25.4. The number of halogens is 1. The molecule has 6 nitrogen and oxygen atoms in total. The van der Waals surface area contributed by atoms with Crippen LogP contribution in [0.3, 0.4) is 0 Å². The van der Waals surface area contributed by atoms with Crippen molar-refractivity contribution in [3.8, 4) is 11.5 Å². The third kappa shape index (κ3) is 4.36. The second kappa shape index (κ2) is 8.97. The molecule has 31 heavy (non-hydrogen) atoms. The molecule has 158 valence electrons. The van der Waals surface area contributed by atoms with E-state index in [0.29, 0.717) is 24.7 Å². The van der Waals surface area contributed by atoms with Crippen molar-refractivity contribution >= 4 is 51.4 Å². The number of methoxy groups -OCH3 is 1. The molecule has 0 aliphatic carbocycles. The zero-order valence-corrected chi connectivity index (χ0v) is 19.3. The van der Waals surface area contributed by atoms with E-state index in [1.165, 1.54) is 5.39 Å². The number of amides is 3. The van der Waals surface area contributed by atoms with Crippen LogP contribution in [-0.2, 0) is 11.4 Å². The Morgan fingerprint density at radius 1 is 1.06 bits per heavy atom. The summed E-state index contributed by atoms with van der Waals surface area (Å²) in [7, 11) is 1.58. The van der Waals surface area contributed by atoms with E-state index in [4.69, 9.17) is 9.47 Å². The molecule has 1 heterocycles. The monoisotopic (exact) mass is 528 g/mol. The van der Waals surface area contributed by atoms with Crippen LogP contribution in [-0.4, -0.2) is 30.5 Å². The van der Waals surface area contributed by atoms with Crippen LogP contribution >= 0.6 is 22.6 Å². The second-order valence-corrected chi connectivity index (χ2v) is 8.20. The highest BCUT2D eigenvalue weighted by Crippen LogP contribution is 2.35. The molecular weight excluding hydrogens is 507 g/mol. The Morgan fingerprint density at radius 2 is 1.84 bits per heavy atom. The Kier molecular flexibility index (Phi) is 6.13. The van der Waals surface area contributed by atoms with Crippen LogP contribution in [0.5, 0.6) is 11.5 Å². The highest BCUT2D eigenvalue weighted by atomic mass is 127. The van der Waals surface area contributed by atoms with Crippen LogP contribution in [0.1, 0.15) is 18.1 Å². The van der Waals surface area contributed by atoms with Gasteiger partial charge in [0.15, 0.2) is 11.5 Å². The van der Waals surface area contributed by atoms with Gasteiger partial charge in [0, 0.05) is 6.54 Å². The summed E-state index contributed by atoms with van der Waals surface area (Å²) < 4.78 is 12.5. The highest BCUT2D eigenvalue weighted by Gasteiger charge is 2.32. The zero-order valence-electron chi connectivity index (χ0n) is 17.1. The largest absolute Gasteiger partial charge is 0.493 e. The van der Waals surface area contributed by atoms with Gasteiger partial charge in [-0.3, -0.25) is 9.69 Å². The molecule has 3 aromatic rings. The van der Waals surface area contributed by atoms with Crippen LogP contribution in [0.15, 0.2) is 60.3 Å². The predicted molar refractivity (Wildman–Crippen MR) is 128 cm³/mol. The van der Waals surface area contributed by atoms with E-state index in [2.05, 4.69) is 52.2 Å². The van der Waals surface area contributed by atoms with E-state index in [0.717, 1.165) is 25.0 Å². The fraction of sp³-hybridized carbons (Fsp3) is 0.167. The molecular formula is C24H21IN2O4. The van der Waals surface area contributed by atoms with E-state index in [9.17, 15) is 9.59 Å². The molecule has 0 atom stereocenters. The van der Waals surface area contributed by atoms with Gasteiger partial charge in [0.25, 0.3) is 5.91 Å². The smallest absolute Gasteiger partial charge is 0.328 e. The molecule has 1 aliphatic rings. The predicted octanol–water partition coefficient (Wildman–Crippen LogP) is 4.94. The molecule has 7 heteroatoms. The summed E-state index contributed by atoms with van der Waals surface area (Å²) >= 11 is 2.18. The van der Waals surface area contributed by atoms with Gasteiger partial charge in [-0.1, -0.05) is 36.4 Å². The number of imide groups is 1. The maximum absolute atomic E-state index is 12.3. The molecule has 0 radical (unpaired) electrons.